The molecular weight excluding hydrogens is 448 g/mol. The topological polar surface area (TPSA) is 58.9 Å². The highest BCUT2D eigenvalue weighted by molar-refractivity contribution is 5.10. The lowest BCUT2D eigenvalue weighted by molar-refractivity contribution is -0.212. The van der Waals surface area contributed by atoms with Crippen molar-refractivity contribution >= 4 is 0 Å². The number of hydrogen-bond acceptors (Lipinski definition) is 4. The first kappa shape index (κ1) is 27.4. The summed E-state index contributed by atoms with van der Waals surface area (Å²) in [6.45, 7) is 12.1. The van der Waals surface area contributed by atoms with E-state index < -0.39 is 11.7 Å². The molecule has 11 atom stereocenters. The van der Waals surface area contributed by atoms with Crippen molar-refractivity contribution in [2.24, 2.45) is 46.3 Å². The number of hydrogen-bond donors (Lipinski definition) is 2. The molecule has 208 valence electrons. The zero-order valence-corrected chi connectivity index (χ0v) is 24.0. The first-order chi connectivity index (χ1) is 17.0. The van der Waals surface area contributed by atoms with Crippen molar-refractivity contribution in [3.05, 3.63) is 0 Å². The molecule has 0 spiro atoms. The normalized spacial score (nSPS) is 46.9. The van der Waals surface area contributed by atoms with Gasteiger partial charge in [0.05, 0.1) is 17.8 Å². The maximum absolute atomic E-state index is 10.4. The van der Waals surface area contributed by atoms with E-state index in [0.29, 0.717) is 29.3 Å². The molecule has 0 amide bonds. The number of aliphatic hydroxyl groups excluding tert-OH is 1. The maximum atomic E-state index is 10.4. The highest BCUT2D eigenvalue weighted by atomic mass is 16.7. The van der Waals surface area contributed by atoms with Crippen molar-refractivity contribution < 1.29 is 19.7 Å². The van der Waals surface area contributed by atoms with Crippen molar-refractivity contribution in [3.8, 4) is 0 Å². The Kier molecular flexibility index (Phi) is 7.94. The molecule has 0 bridgehead atoms. The second-order valence-corrected chi connectivity index (χ2v) is 14.9. The number of aliphatic hydroxyl groups is 2. The second-order valence-electron chi connectivity index (χ2n) is 14.9. The lowest BCUT2D eigenvalue weighted by Crippen LogP contribution is -2.54. The third-order valence-corrected chi connectivity index (χ3v) is 12.6. The summed E-state index contributed by atoms with van der Waals surface area (Å²) in [5, 5.41) is 20.6. The summed E-state index contributed by atoms with van der Waals surface area (Å²) in [4.78, 5) is 0. The van der Waals surface area contributed by atoms with Crippen molar-refractivity contribution in [1.82, 2.24) is 0 Å². The number of ether oxygens (including phenoxy) is 2. The first-order valence-corrected chi connectivity index (χ1v) is 15.7. The molecule has 5 rings (SSSR count). The molecule has 0 aromatic carbocycles. The van der Waals surface area contributed by atoms with Gasteiger partial charge < -0.3 is 19.7 Å². The summed E-state index contributed by atoms with van der Waals surface area (Å²) < 4.78 is 12.4. The molecule has 1 heterocycles. The van der Waals surface area contributed by atoms with Crippen molar-refractivity contribution in [1.29, 1.82) is 0 Å². The van der Waals surface area contributed by atoms with E-state index in [9.17, 15) is 10.2 Å². The minimum atomic E-state index is -0.999. The van der Waals surface area contributed by atoms with E-state index in [2.05, 4.69) is 20.8 Å². The fourth-order valence-electron chi connectivity index (χ4n) is 10.3. The predicted octanol–water partition coefficient (Wildman–Crippen LogP) is 7.11. The molecule has 2 N–H and O–H groups in total. The molecular formula is C32H56O4. The van der Waals surface area contributed by atoms with E-state index in [0.717, 1.165) is 49.0 Å². The van der Waals surface area contributed by atoms with E-state index in [1.165, 1.54) is 70.6 Å². The van der Waals surface area contributed by atoms with E-state index >= 15 is 0 Å². The highest BCUT2D eigenvalue weighted by Crippen LogP contribution is 2.68. The van der Waals surface area contributed by atoms with Gasteiger partial charge in [0.25, 0.3) is 0 Å². The lowest BCUT2D eigenvalue weighted by atomic mass is 9.44. The van der Waals surface area contributed by atoms with Gasteiger partial charge in [0.15, 0.2) is 6.29 Å². The van der Waals surface area contributed by atoms with Crippen LogP contribution in [0.25, 0.3) is 0 Å². The lowest BCUT2D eigenvalue weighted by Gasteiger charge is -2.61. The summed E-state index contributed by atoms with van der Waals surface area (Å²) in [5.41, 5.74) is -0.0401. The zero-order valence-electron chi connectivity index (χ0n) is 24.0. The Balaban J connectivity index is 1.21. The molecule has 1 saturated heterocycles. The summed E-state index contributed by atoms with van der Waals surface area (Å²) in [5.74, 6) is 4.89. The average Bonchev–Trinajstić information content (AvgIpc) is 3.20. The van der Waals surface area contributed by atoms with Crippen molar-refractivity contribution in [2.45, 2.75) is 149 Å². The maximum Gasteiger partial charge on any atom is 0.157 e. The Morgan fingerprint density at radius 3 is 2.39 bits per heavy atom. The Hall–Kier alpha value is -0.160. The SMILES string of the molecule is C[C@H](CC[C@H](O)C(C)(C)O)[C@H]1CC[C@H]2[C@@H]3CC[C@@H]4C[C@H](OC5CCCCO5)CC[C@]4(C)[C@H]3CC[C@]12C. The van der Waals surface area contributed by atoms with Crippen LogP contribution in [-0.2, 0) is 9.47 Å². The summed E-state index contributed by atoms with van der Waals surface area (Å²) >= 11 is 0. The van der Waals surface area contributed by atoms with Gasteiger partial charge in [0.2, 0.25) is 0 Å². The van der Waals surface area contributed by atoms with Crippen LogP contribution in [0.2, 0.25) is 0 Å². The van der Waals surface area contributed by atoms with Gasteiger partial charge in [-0.25, -0.2) is 0 Å². The van der Waals surface area contributed by atoms with Crippen LogP contribution < -0.4 is 0 Å². The molecule has 4 heteroatoms. The largest absolute Gasteiger partial charge is 0.390 e. The van der Waals surface area contributed by atoms with Crippen LogP contribution >= 0.6 is 0 Å². The van der Waals surface area contributed by atoms with Gasteiger partial charge in [0, 0.05) is 6.61 Å². The average molecular weight is 505 g/mol. The molecule has 0 aromatic heterocycles. The van der Waals surface area contributed by atoms with Gasteiger partial charge in [-0.15, -0.1) is 0 Å². The fraction of sp³-hybridized carbons (Fsp3) is 1.00. The van der Waals surface area contributed by atoms with Crippen LogP contribution in [0.4, 0.5) is 0 Å². The predicted molar refractivity (Wildman–Crippen MR) is 144 cm³/mol. The summed E-state index contributed by atoms with van der Waals surface area (Å²) in [6, 6.07) is 0. The molecule has 5 aliphatic rings. The minimum absolute atomic E-state index is 0.0572. The molecule has 4 nitrogen and oxygen atoms in total. The second kappa shape index (κ2) is 10.4. The van der Waals surface area contributed by atoms with Gasteiger partial charge in [-0.3, -0.25) is 0 Å². The van der Waals surface area contributed by atoms with Crippen LogP contribution in [0.15, 0.2) is 0 Å². The van der Waals surface area contributed by atoms with Crippen LogP contribution in [-0.4, -0.2) is 40.9 Å². The van der Waals surface area contributed by atoms with Crippen LogP contribution in [0, 0.1) is 46.3 Å². The monoisotopic (exact) mass is 504 g/mol. The number of rotatable bonds is 7. The Labute approximate surface area is 221 Å². The molecule has 0 aromatic rings. The van der Waals surface area contributed by atoms with Crippen LogP contribution in [0.1, 0.15) is 125 Å². The van der Waals surface area contributed by atoms with Gasteiger partial charge in [-0.1, -0.05) is 20.8 Å². The fourth-order valence-corrected chi connectivity index (χ4v) is 10.3. The standard InChI is InChI=1S/C32H56O4/c1-21(9-14-28(33)30(2,3)34)25-12-13-26-24-11-10-22-20-23(36-29-8-6-7-19-35-29)15-17-31(22,4)27(24)16-18-32(25,26)5/h21-29,33-34H,6-20H2,1-5H3/t21-,22-,23-,24+,25-,26+,27+,28+,29?,31+,32-/m1/s1. The van der Waals surface area contributed by atoms with Crippen molar-refractivity contribution in [2.75, 3.05) is 6.61 Å². The van der Waals surface area contributed by atoms with Crippen LogP contribution in [0.3, 0.4) is 0 Å². The third-order valence-electron chi connectivity index (χ3n) is 12.6. The minimum Gasteiger partial charge on any atom is -0.390 e. The van der Waals surface area contributed by atoms with Gasteiger partial charge in [-0.05, 0) is 150 Å². The molecule has 1 unspecified atom stereocenters. The van der Waals surface area contributed by atoms with Crippen LogP contribution in [0.5, 0.6) is 0 Å². The summed E-state index contributed by atoms with van der Waals surface area (Å²) in [7, 11) is 0. The smallest absolute Gasteiger partial charge is 0.157 e. The molecule has 4 aliphatic carbocycles. The zero-order chi connectivity index (χ0) is 25.7. The van der Waals surface area contributed by atoms with E-state index in [1.54, 1.807) is 13.8 Å². The highest BCUT2D eigenvalue weighted by Gasteiger charge is 2.60. The molecule has 4 saturated carbocycles. The molecule has 1 aliphatic heterocycles. The molecule has 5 fully saturated rings. The van der Waals surface area contributed by atoms with E-state index in [4.69, 9.17) is 9.47 Å². The van der Waals surface area contributed by atoms with Gasteiger partial charge in [0.1, 0.15) is 0 Å². The molecule has 0 radical (unpaired) electrons. The van der Waals surface area contributed by atoms with E-state index in [-0.39, 0.29) is 6.29 Å². The summed E-state index contributed by atoms with van der Waals surface area (Å²) in [6.07, 6.45) is 17.3. The Bertz CT molecular complexity index is 741. The molecule has 36 heavy (non-hydrogen) atoms. The van der Waals surface area contributed by atoms with Gasteiger partial charge in [-0.2, -0.15) is 0 Å². The Morgan fingerprint density at radius 1 is 0.917 bits per heavy atom. The first-order valence-electron chi connectivity index (χ1n) is 15.7. The quantitative estimate of drug-likeness (QED) is 0.363. The Morgan fingerprint density at radius 2 is 1.67 bits per heavy atom. The number of fused-ring (bicyclic) bond motifs is 5. The van der Waals surface area contributed by atoms with E-state index in [1.807, 2.05) is 0 Å². The van der Waals surface area contributed by atoms with Gasteiger partial charge >= 0.3 is 0 Å². The van der Waals surface area contributed by atoms with Crippen molar-refractivity contribution in [3.63, 3.8) is 0 Å². The third kappa shape index (κ3) is 5.07.